The van der Waals surface area contributed by atoms with E-state index in [2.05, 4.69) is 10.2 Å². The minimum absolute atomic E-state index is 0.0255. The van der Waals surface area contributed by atoms with E-state index < -0.39 is 0 Å². The standard InChI is InChI=1S/C17H31N3O4/c1-19(2)9-11-24-15-7-10-23-13-14(15)18-16(21)12-20-8-5-3-4-6-17(20)22/h14-15H,3-13H2,1-2H3,(H,18,21)/t14-,15+/m1/s1. The molecule has 2 fully saturated rings. The van der Waals surface area contributed by atoms with Crippen LogP contribution in [0.4, 0.5) is 0 Å². The van der Waals surface area contributed by atoms with Gasteiger partial charge in [-0.15, -0.1) is 0 Å². The first-order chi connectivity index (χ1) is 11.6. The second-order valence-electron chi connectivity index (χ2n) is 6.88. The average molecular weight is 341 g/mol. The van der Waals surface area contributed by atoms with Crippen molar-refractivity contribution in [3.8, 4) is 0 Å². The van der Waals surface area contributed by atoms with Gasteiger partial charge in [0.25, 0.3) is 0 Å². The first-order valence-corrected chi connectivity index (χ1v) is 8.97. The summed E-state index contributed by atoms with van der Waals surface area (Å²) in [7, 11) is 4.01. The van der Waals surface area contributed by atoms with Gasteiger partial charge in [0.05, 0.1) is 31.9 Å². The maximum absolute atomic E-state index is 12.3. The van der Waals surface area contributed by atoms with E-state index in [9.17, 15) is 9.59 Å². The minimum Gasteiger partial charge on any atom is -0.379 e. The van der Waals surface area contributed by atoms with Crippen LogP contribution in [0.25, 0.3) is 0 Å². The largest absolute Gasteiger partial charge is 0.379 e. The molecule has 0 saturated carbocycles. The van der Waals surface area contributed by atoms with E-state index >= 15 is 0 Å². The van der Waals surface area contributed by atoms with E-state index in [4.69, 9.17) is 9.47 Å². The Bertz CT molecular complexity index is 417. The lowest BCUT2D eigenvalue weighted by Gasteiger charge is -2.33. The molecule has 0 radical (unpaired) electrons. The van der Waals surface area contributed by atoms with Gasteiger partial charge in [0.15, 0.2) is 0 Å². The Kier molecular flexibility index (Phi) is 7.94. The Labute approximate surface area is 144 Å². The number of likely N-dealkylation sites (N-methyl/N-ethyl adjacent to an activating group) is 1. The number of hydrogen-bond acceptors (Lipinski definition) is 5. The fourth-order valence-corrected chi connectivity index (χ4v) is 3.07. The summed E-state index contributed by atoms with van der Waals surface area (Å²) >= 11 is 0. The van der Waals surface area contributed by atoms with Crippen LogP contribution < -0.4 is 5.32 Å². The summed E-state index contributed by atoms with van der Waals surface area (Å²) in [6.07, 6.45) is 4.26. The van der Waals surface area contributed by atoms with Crippen molar-refractivity contribution < 1.29 is 19.1 Å². The predicted octanol–water partition coefficient (Wildman–Crippen LogP) is 0.241. The lowest BCUT2D eigenvalue weighted by Crippen LogP contribution is -2.53. The molecule has 0 unspecified atom stereocenters. The molecule has 2 saturated heterocycles. The van der Waals surface area contributed by atoms with Gasteiger partial charge in [-0.25, -0.2) is 0 Å². The van der Waals surface area contributed by atoms with E-state index in [1.54, 1.807) is 4.90 Å². The monoisotopic (exact) mass is 341 g/mol. The van der Waals surface area contributed by atoms with Gasteiger partial charge in [-0.2, -0.15) is 0 Å². The number of rotatable bonds is 7. The zero-order valence-electron chi connectivity index (χ0n) is 15.0. The predicted molar refractivity (Wildman–Crippen MR) is 90.7 cm³/mol. The molecule has 0 aromatic carbocycles. The quantitative estimate of drug-likeness (QED) is 0.718. The van der Waals surface area contributed by atoms with Crippen LogP contribution in [0.5, 0.6) is 0 Å². The average Bonchev–Trinajstić information content (AvgIpc) is 2.73. The Morgan fingerprint density at radius 3 is 3.00 bits per heavy atom. The molecule has 7 heteroatoms. The lowest BCUT2D eigenvalue weighted by molar-refractivity contribution is -0.137. The number of ether oxygens (including phenoxy) is 2. The second kappa shape index (κ2) is 9.96. The van der Waals surface area contributed by atoms with Crippen molar-refractivity contribution in [2.24, 2.45) is 0 Å². The number of carbonyl (C=O) groups excluding carboxylic acids is 2. The third-order valence-electron chi connectivity index (χ3n) is 4.52. The smallest absolute Gasteiger partial charge is 0.240 e. The zero-order valence-corrected chi connectivity index (χ0v) is 15.0. The fraction of sp³-hybridized carbons (Fsp3) is 0.882. The molecule has 2 amide bonds. The molecular weight excluding hydrogens is 310 g/mol. The van der Waals surface area contributed by atoms with Gasteiger partial charge in [-0.1, -0.05) is 6.42 Å². The maximum atomic E-state index is 12.3. The van der Waals surface area contributed by atoms with Crippen molar-refractivity contribution in [3.63, 3.8) is 0 Å². The third kappa shape index (κ3) is 6.37. The number of carbonyl (C=O) groups is 2. The molecule has 2 aliphatic heterocycles. The Morgan fingerprint density at radius 2 is 2.21 bits per heavy atom. The number of nitrogens with zero attached hydrogens (tertiary/aromatic N) is 2. The molecule has 24 heavy (non-hydrogen) atoms. The molecule has 0 aliphatic carbocycles. The summed E-state index contributed by atoms with van der Waals surface area (Å²) in [6, 6.07) is -0.143. The SMILES string of the molecule is CN(C)CCO[C@H]1CCOC[C@H]1NC(=O)CN1CCCCCC1=O. The fourth-order valence-electron chi connectivity index (χ4n) is 3.07. The van der Waals surface area contributed by atoms with Gasteiger partial charge in [0.1, 0.15) is 0 Å². The Balaban J connectivity index is 1.80. The molecule has 0 bridgehead atoms. The molecule has 2 atom stereocenters. The highest BCUT2D eigenvalue weighted by molar-refractivity contribution is 5.85. The van der Waals surface area contributed by atoms with Gasteiger partial charge in [-0.3, -0.25) is 9.59 Å². The summed E-state index contributed by atoms with van der Waals surface area (Å²) < 4.78 is 11.4. The van der Waals surface area contributed by atoms with Gasteiger partial charge in [0.2, 0.25) is 11.8 Å². The highest BCUT2D eigenvalue weighted by atomic mass is 16.5. The molecule has 7 nitrogen and oxygen atoms in total. The van der Waals surface area contributed by atoms with Gasteiger partial charge >= 0.3 is 0 Å². The number of hydrogen-bond donors (Lipinski definition) is 1. The van der Waals surface area contributed by atoms with E-state index in [-0.39, 0.29) is 30.5 Å². The van der Waals surface area contributed by atoms with Gasteiger partial charge in [-0.05, 0) is 33.4 Å². The topological polar surface area (TPSA) is 71.1 Å². The number of amides is 2. The van der Waals surface area contributed by atoms with Crippen LogP contribution in [0.15, 0.2) is 0 Å². The number of nitrogens with one attached hydrogen (secondary N) is 1. The van der Waals surface area contributed by atoms with Crippen molar-refractivity contribution in [1.82, 2.24) is 15.1 Å². The van der Waals surface area contributed by atoms with Gasteiger partial charge in [0, 0.05) is 26.1 Å². The molecule has 1 N–H and O–H groups in total. The summed E-state index contributed by atoms with van der Waals surface area (Å²) in [5, 5.41) is 3.00. The van der Waals surface area contributed by atoms with E-state index in [1.807, 2.05) is 14.1 Å². The molecule has 2 aliphatic rings. The Morgan fingerprint density at radius 1 is 1.38 bits per heavy atom. The first-order valence-electron chi connectivity index (χ1n) is 8.97. The normalized spacial score (nSPS) is 25.6. The summed E-state index contributed by atoms with van der Waals surface area (Å²) in [6.45, 7) is 3.42. The van der Waals surface area contributed by atoms with Crippen molar-refractivity contribution >= 4 is 11.8 Å². The lowest BCUT2D eigenvalue weighted by atomic mass is 10.1. The summed E-state index contributed by atoms with van der Waals surface area (Å²) in [5.41, 5.74) is 0. The Hall–Kier alpha value is -1.18. The van der Waals surface area contributed by atoms with Gasteiger partial charge < -0.3 is 24.6 Å². The van der Waals surface area contributed by atoms with Crippen molar-refractivity contribution in [1.29, 1.82) is 0 Å². The minimum atomic E-state index is -0.143. The molecule has 0 spiro atoms. The summed E-state index contributed by atoms with van der Waals surface area (Å²) in [5.74, 6) is -0.0386. The molecule has 0 aromatic heterocycles. The molecule has 0 aromatic rings. The number of likely N-dealkylation sites (tertiary alicyclic amines) is 1. The van der Waals surface area contributed by atoms with Crippen LogP contribution in [0.1, 0.15) is 32.1 Å². The first kappa shape index (κ1) is 19.1. The van der Waals surface area contributed by atoms with Crippen molar-refractivity contribution in [2.75, 3.05) is 53.6 Å². The molecular formula is C17H31N3O4. The van der Waals surface area contributed by atoms with Crippen LogP contribution in [0.3, 0.4) is 0 Å². The van der Waals surface area contributed by atoms with Crippen molar-refractivity contribution in [3.05, 3.63) is 0 Å². The highest BCUT2D eigenvalue weighted by Crippen LogP contribution is 2.13. The van der Waals surface area contributed by atoms with Crippen molar-refractivity contribution in [2.45, 2.75) is 44.2 Å². The highest BCUT2D eigenvalue weighted by Gasteiger charge is 2.29. The summed E-state index contributed by atoms with van der Waals surface area (Å²) in [4.78, 5) is 28.1. The molecule has 138 valence electrons. The zero-order chi connectivity index (χ0) is 17.4. The second-order valence-corrected chi connectivity index (χ2v) is 6.88. The third-order valence-corrected chi connectivity index (χ3v) is 4.52. The van der Waals surface area contributed by atoms with Crippen LogP contribution in [0.2, 0.25) is 0 Å². The molecule has 2 heterocycles. The maximum Gasteiger partial charge on any atom is 0.240 e. The van der Waals surface area contributed by atoms with E-state index in [0.717, 1.165) is 32.2 Å². The van der Waals surface area contributed by atoms with Crippen LogP contribution in [0, 0.1) is 0 Å². The van der Waals surface area contributed by atoms with E-state index in [0.29, 0.717) is 32.8 Å². The van der Waals surface area contributed by atoms with Crippen LogP contribution in [-0.4, -0.2) is 87.3 Å². The van der Waals surface area contributed by atoms with Crippen LogP contribution in [-0.2, 0) is 19.1 Å². The molecule has 2 rings (SSSR count). The van der Waals surface area contributed by atoms with Crippen LogP contribution >= 0.6 is 0 Å². The van der Waals surface area contributed by atoms with E-state index in [1.165, 1.54) is 0 Å².